The van der Waals surface area contributed by atoms with Gasteiger partial charge in [-0.3, -0.25) is 0 Å². The third-order valence-corrected chi connectivity index (χ3v) is 3.74. The van der Waals surface area contributed by atoms with Crippen LogP contribution < -0.4 is 15.4 Å². The van der Waals surface area contributed by atoms with Crippen LogP contribution in [0, 0.1) is 0 Å². The predicted molar refractivity (Wildman–Crippen MR) is 102 cm³/mol. The highest BCUT2D eigenvalue weighted by molar-refractivity contribution is 5.93. The number of hydrogen-bond acceptors (Lipinski definition) is 8. The number of anilines is 3. The number of hydrogen-bond donors (Lipinski definition) is 2. The first kappa shape index (κ1) is 22.2. The van der Waals surface area contributed by atoms with Gasteiger partial charge in [0.05, 0.1) is 14.2 Å². The fourth-order valence-corrected chi connectivity index (χ4v) is 2.32. The van der Waals surface area contributed by atoms with Crippen LogP contribution in [-0.4, -0.2) is 62.2 Å². The van der Waals surface area contributed by atoms with Crippen LogP contribution in [0.3, 0.4) is 0 Å². The van der Waals surface area contributed by atoms with Gasteiger partial charge in [-0.05, 0) is 26.2 Å². The van der Waals surface area contributed by atoms with Crippen LogP contribution in [0.25, 0.3) is 0 Å². The number of esters is 1. The van der Waals surface area contributed by atoms with E-state index in [2.05, 4.69) is 25.3 Å². The summed E-state index contributed by atoms with van der Waals surface area (Å²) in [5, 5.41) is 5.56. The molecule has 8 nitrogen and oxygen atoms in total. The number of halogens is 3. The van der Waals surface area contributed by atoms with Crippen molar-refractivity contribution in [3.8, 4) is 5.75 Å². The van der Waals surface area contributed by atoms with Crippen LogP contribution in [0.15, 0.2) is 24.3 Å². The Kier molecular flexibility index (Phi) is 7.21. The number of alkyl halides is 3. The van der Waals surface area contributed by atoms with Crippen molar-refractivity contribution in [2.24, 2.45) is 0 Å². The molecule has 1 aromatic carbocycles. The fourth-order valence-electron chi connectivity index (χ4n) is 2.32. The highest BCUT2D eigenvalue weighted by Crippen LogP contribution is 2.31. The van der Waals surface area contributed by atoms with Gasteiger partial charge in [-0.2, -0.15) is 18.2 Å². The lowest BCUT2D eigenvalue weighted by Gasteiger charge is -2.15. The number of likely N-dealkylation sites (N-methyl/N-ethyl adjacent to an activating group) is 1. The second-order valence-corrected chi connectivity index (χ2v) is 6.22. The molecule has 0 amide bonds. The number of nitrogens with zero attached hydrogens (tertiary/aromatic N) is 3. The average molecular weight is 413 g/mol. The van der Waals surface area contributed by atoms with Crippen molar-refractivity contribution >= 4 is 23.4 Å². The molecule has 2 rings (SSSR count). The van der Waals surface area contributed by atoms with E-state index in [0.29, 0.717) is 18.8 Å². The second-order valence-electron chi connectivity index (χ2n) is 6.22. The summed E-state index contributed by atoms with van der Waals surface area (Å²) < 4.78 is 49.4. The number of aromatic nitrogens is 2. The third-order valence-electron chi connectivity index (χ3n) is 3.74. The molecule has 2 aromatic rings. The molecular weight excluding hydrogens is 391 g/mol. The van der Waals surface area contributed by atoms with E-state index in [1.807, 2.05) is 19.0 Å². The van der Waals surface area contributed by atoms with Gasteiger partial charge >= 0.3 is 12.1 Å². The molecule has 2 N–H and O–H groups in total. The molecule has 11 heteroatoms. The topological polar surface area (TPSA) is 88.6 Å². The number of carbonyl (C=O) groups is 1. The molecule has 0 radical (unpaired) electrons. The molecule has 0 aliphatic heterocycles. The summed E-state index contributed by atoms with van der Waals surface area (Å²) in [4.78, 5) is 21.2. The van der Waals surface area contributed by atoms with E-state index in [0.717, 1.165) is 6.07 Å². The van der Waals surface area contributed by atoms with Crippen LogP contribution >= 0.6 is 0 Å². The molecule has 158 valence electrons. The summed E-state index contributed by atoms with van der Waals surface area (Å²) in [5.74, 6) is -0.603. The summed E-state index contributed by atoms with van der Waals surface area (Å²) in [5.41, 5.74) is -0.522. The van der Waals surface area contributed by atoms with Gasteiger partial charge in [0.25, 0.3) is 0 Å². The van der Waals surface area contributed by atoms with Crippen molar-refractivity contribution in [2.45, 2.75) is 6.18 Å². The fraction of sp³-hybridized carbons (Fsp3) is 0.389. The molecule has 0 saturated heterocycles. The number of methoxy groups -OCH3 is 2. The minimum Gasteiger partial charge on any atom is -0.496 e. The lowest BCUT2D eigenvalue weighted by molar-refractivity contribution is -0.141. The number of carbonyl (C=O) groups excluding carboxylic acids is 1. The van der Waals surface area contributed by atoms with E-state index < -0.39 is 17.8 Å². The molecule has 0 atom stereocenters. The summed E-state index contributed by atoms with van der Waals surface area (Å²) in [6.45, 7) is 0.962. The second kappa shape index (κ2) is 9.41. The largest absolute Gasteiger partial charge is 0.496 e. The standard InChI is InChI=1S/C18H22F3N5O3/c1-26(2)8-7-22-17-24-14(18(19,20)21)10-15(25-17)23-11-5-6-12(16(27)29-4)13(9-11)28-3/h5-6,9-10H,7-8H2,1-4H3,(H2,22,23,24,25). The quantitative estimate of drug-likeness (QED) is 0.639. The van der Waals surface area contributed by atoms with Gasteiger partial charge < -0.3 is 25.0 Å². The number of nitrogens with one attached hydrogen (secondary N) is 2. The molecule has 0 bridgehead atoms. The zero-order valence-electron chi connectivity index (χ0n) is 16.4. The highest BCUT2D eigenvalue weighted by atomic mass is 19.4. The maximum absolute atomic E-state index is 13.2. The molecule has 0 saturated carbocycles. The third kappa shape index (κ3) is 6.21. The van der Waals surface area contributed by atoms with E-state index in [1.54, 1.807) is 0 Å². The molecule has 0 unspecified atom stereocenters. The van der Waals surface area contributed by atoms with Crippen molar-refractivity contribution in [1.82, 2.24) is 14.9 Å². The average Bonchev–Trinajstić information content (AvgIpc) is 2.66. The molecular formula is C18H22F3N5O3. The lowest BCUT2D eigenvalue weighted by Crippen LogP contribution is -2.22. The van der Waals surface area contributed by atoms with E-state index in [-0.39, 0.29) is 23.1 Å². The first-order valence-corrected chi connectivity index (χ1v) is 8.52. The molecule has 1 heterocycles. The smallest absolute Gasteiger partial charge is 0.433 e. The Labute approximate surface area is 166 Å². The van der Waals surface area contributed by atoms with Crippen LogP contribution in [0.5, 0.6) is 5.75 Å². The Hall–Kier alpha value is -3.08. The SMILES string of the molecule is COC(=O)c1ccc(Nc2cc(C(F)(F)F)nc(NCCN(C)C)n2)cc1OC. The Morgan fingerprint density at radius 2 is 1.90 bits per heavy atom. The van der Waals surface area contributed by atoms with Crippen molar-refractivity contribution in [1.29, 1.82) is 0 Å². The van der Waals surface area contributed by atoms with Crippen molar-refractivity contribution in [2.75, 3.05) is 52.0 Å². The Morgan fingerprint density at radius 1 is 1.17 bits per heavy atom. The first-order valence-electron chi connectivity index (χ1n) is 8.52. The minimum atomic E-state index is -4.64. The summed E-state index contributed by atoms with van der Waals surface area (Å²) in [6.07, 6.45) is -4.64. The first-order chi connectivity index (χ1) is 13.6. The van der Waals surface area contributed by atoms with Gasteiger partial charge in [-0.1, -0.05) is 0 Å². The molecule has 0 spiro atoms. The maximum Gasteiger partial charge on any atom is 0.433 e. The zero-order chi connectivity index (χ0) is 21.6. The van der Waals surface area contributed by atoms with E-state index in [9.17, 15) is 18.0 Å². The Morgan fingerprint density at radius 3 is 2.48 bits per heavy atom. The molecule has 29 heavy (non-hydrogen) atoms. The normalized spacial score (nSPS) is 11.3. The van der Waals surface area contributed by atoms with Crippen LogP contribution in [-0.2, 0) is 10.9 Å². The predicted octanol–water partition coefficient (Wildman–Crippen LogP) is 3.01. The van der Waals surface area contributed by atoms with Crippen LogP contribution in [0.4, 0.5) is 30.6 Å². The lowest BCUT2D eigenvalue weighted by atomic mass is 10.2. The molecule has 0 aliphatic carbocycles. The van der Waals surface area contributed by atoms with Gasteiger partial charge in [0.2, 0.25) is 5.95 Å². The highest BCUT2D eigenvalue weighted by Gasteiger charge is 2.33. The van der Waals surface area contributed by atoms with E-state index in [4.69, 9.17) is 4.74 Å². The molecule has 0 fully saturated rings. The number of rotatable bonds is 8. The minimum absolute atomic E-state index is 0.0625. The molecule has 0 aliphatic rings. The zero-order valence-corrected chi connectivity index (χ0v) is 16.4. The van der Waals surface area contributed by atoms with E-state index in [1.165, 1.54) is 32.4 Å². The van der Waals surface area contributed by atoms with Crippen molar-refractivity contribution < 1.29 is 27.4 Å². The summed E-state index contributed by atoms with van der Waals surface area (Å²) in [6, 6.07) is 5.21. The summed E-state index contributed by atoms with van der Waals surface area (Å²) >= 11 is 0. The summed E-state index contributed by atoms with van der Waals surface area (Å²) in [7, 11) is 6.28. The Bertz CT molecular complexity index is 859. The van der Waals surface area contributed by atoms with Gasteiger partial charge in [-0.15, -0.1) is 0 Å². The van der Waals surface area contributed by atoms with Gasteiger partial charge in [0.1, 0.15) is 17.1 Å². The van der Waals surface area contributed by atoms with Gasteiger partial charge in [0.15, 0.2) is 5.69 Å². The van der Waals surface area contributed by atoms with Crippen LogP contribution in [0.1, 0.15) is 16.1 Å². The van der Waals surface area contributed by atoms with Crippen molar-refractivity contribution in [3.05, 3.63) is 35.5 Å². The van der Waals surface area contributed by atoms with Gasteiger partial charge in [0, 0.05) is 30.9 Å². The number of benzene rings is 1. The monoisotopic (exact) mass is 413 g/mol. The van der Waals surface area contributed by atoms with Gasteiger partial charge in [-0.25, -0.2) is 9.78 Å². The number of ether oxygens (including phenoxy) is 2. The maximum atomic E-state index is 13.2. The van der Waals surface area contributed by atoms with Crippen LogP contribution in [0.2, 0.25) is 0 Å². The molecule has 1 aromatic heterocycles. The Balaban J connectivity index is 2.32. The van der Waals surface area contributed by atoms with E-state index >= 15 is 0 Å². The van der Waals surface area contributed by atoms with Crippen molar-refractivity contribution in [3.63, 3.8) is 0 Å².